The number of hydrogen-bond acceptors (Lipinski definition) is 3. The minimum Gasteiger partial charge on any atom is -0.508 e. The van der Waals surface area contributed by atoms with E-state index in [-0.39, 0.29) is 11.7 Å². The lowest BCUT2D eigenvalue weighted by molar-refractivity contribution is 0.102. The maximum Gasteiger partial charge on any atom is 0.255 e. The number of aromatic hydroxyl groups is 1. The normalized spacial score (nSPS) is 10.3. The quantitative estimate of drug-likeness (QED) is 0.579. The van der Waals surface area contributed by atoms with Crippen molar-refractivity contribution in [2.24, 2.45) is 0 Å². The summed E-state index contributed by atoms with van der Waals surface area (Å²) in [4.78, 5) is 12.2. The first-order valence-electron chi connectivity index (χ1n) is 6.36. The molecule has 1 amide bonds. The molecule has 0 aliphatic carbocycles. The molecule has 0 aromatic heterocycles. The fourth-order valence-electron chi connectivity index (χ4n) is 1.95. The number of anilines is 2. The van der Waals surface area contributed by atoms with Crippen LogP contribution in [-0.4, -0.2) is 11.0 Å². The van der Waals surface area contributed by atoms with Crippen molar-refractivity contribution in [3.05, 3.63) is 52.6 Å². The number of phenolic OH excluding ortho intramolecular Hbond substituents is 1. The summed E-state index contributed by atoms with van der Waals surface area (Å²) in [6.45, 7) is 5.49. The topological polar surface area (TPSA) is 75.3 Å². The second kappa shape index (κ2) is 5.25. The summed E-state index contributed by atoms with van der Waals surface area (Å²) in [6.07, 6.45) is 0. The number of nitrogen functional groups attached to an aromatic ring is 1. The highest BCUT2D eigenvalue weighted by Crippen LogP contribution is 2.25. The van der Waals surface area contributed by atoms with E-state index < -0.39 is 0 Å². The Morgan fingerprint density at radius 1 is 1.05 bits per heavy atom. The summed E-state index contributed by atoms with van der Waals surface area (Å²) in [6, 6.07) is 8.57. The van der Waals surface area contributed by atoms with Crippen molar-refractivity contribution in [1.82, 2.24) is 0 Å². The van der Waals surface area contributed by atoms with Gasteiger partial charge in [-0.3, -0.25) is 4.79 Å². The molecule has 0 fully saturated rings. The van der Waals surface area contributed by atoms with Gasteiger partial charge in [0, 0.05) is 16.9 Å². The number of amides is 1. The molecule has 0 aliphatic rings. The van der Waals surface area contributed by atoms with Gasteiger partial charge in [0.2, 0.25) is 0 Å². The van der Waals surface area contributed by atoms with Crippen molar-refractivity contribution in [1.29, 1.82) is 0 Å². The van der Waals surface area contributed by atoms with E-state index in [9.17, 15) is 9.90 Å². The Kier molecular flexibility index (Phi) is 3.66. The van der Waals surface area contributed by atoms with Crippen molar-refractivity contribution < 1.29 is 9.90 Å². The van der Waals surface area contributed by atoms with E-state index in [4.69, 9.17) is 5.73 Å². The molecule has 2 aromatic carbocycles. The largest absolute Gasteiger partial charge is 0.508 e. The number of aryl methyl sites for hydroxylation is 3. The predicted octanol–water partition coefficient (Wildman–Crippen LogP) is 3.15. The van der Waals surface area contributed by atoms with Crippen LogP contribution in [0.2, 0.25) is 0 Å². The van der Waals surface area contributed by atoms with Crippen LogP contribution < -0.4 is 11.1 Å². The molecule has 20 heavy (non-hydrogen) atoms. The lowest BCUT2D eigenvalue weighted by Gasteiger charge is -2.11. The minimum atomic E-state index is -0.193. The van der Waals surface area contributed by atoms with Gasteiger partial charge in [-0.2, -0.15) is 0 Å². The van der Waals surface area contributed by atoms with Gasteiger partial charge in [0.25, 0.3) is 5.91 Å². The molecular formula is C16H18N2O2. The van der Waals surface area contributed by atoms with Gasteiger partial charge >= 0.3 is 0 Å². The molecule has 0 unspecified atom stereocenters. The van der Waals surface area contributed by atoms with Crippen LogP contribution in [0.5, 0.6) is 5.75 Å². The molecule has 4 nitrogen and oxygen atoms in total. The maximum absolute atomic E-state index is 12.2. The Morgan fingerprint density at radius 3 is 2.40 bits per heavy atom. The van der Waals surface area contributed by atoms with Gasteiger partial charge in [-0.1, -0.05) is 0 Å². The van der Waals surface area contributed by atoms with Crippen LogP contribution in [0.1, 0.15) is 27.0 Å². The Morgan fingerprint density at radius 2 is 1.75 bits per heavy atom. The van der Waals surface area contributed by atoms with Crippen molar-refractivity contribution in [2.75, 3.05) is 11.1 Å². The van der Waals surface area contributed by atoms with Gasteiger partial charge in [0.15, 0.2) is 0 Å². The number of benzene rings is 2. The van der Waals surface area contributed by atoms with Gasteiger partial charge in [0.05, 0.1) is 0 Å². The van der Waals surface area contributed by atoms with Gasteiger partial charge in [-0.25, -0.2) is 0 Å². The van der Waals surface area contributed by atoms with E-state index in [0.717, 1.165) is 16.7 Å². The molecule has 4 N–H and O–H groups in total. The summed E-state index contributed by atoms with van der Waals surface area (Å²) in [5, 5.41) is 12.5. The molecule has 0 atom stereocenters. The lowest BCUT2D eigenvalue weighted by Crippen LogP contribution is -2.13. The van der Waals surface area contributed by atoms with Crippen LogP contribution in [0.4, 0.5) is 11.4 Å². The molecule has 0 spiro atoms. The predicted molar refractivity (Wildman–Crippen MR) is 81.1 cm³/mol. The van der Waals surface area contributed by atoms with Crippen LogP contribution in [0, 0.1) is 20.8 Å². The smallest absolute Gasteiger partial charge is 0.255 e. The molecule has 0 aliphatic heterocycles. The van der Waals surface area contributed by atoms with Crippen molar-refractivity contribution in [3.63, 3.8) is 0 Å². The third-order valence-electron chi connectivity index (χ3n) is 3.32. The van der Waals surface area contributed by atoms with Crippen LogP contribution in [0.25, 0.3) is 0 Å². The zero-order valence-electron chi connectivity index (χ0n) is 11.8. The third-order valence-corrected chi connectivity index (χ3v) is 3.32. The number of carbonyl (C=O) groups excluding carboxylic acids is 1. The summed E-state index contributed by atoms with van der Waals surface area (Å²) >= 11 is 0. The van der Waals surface area contributed by atoms with Crippen LogP contribution >= 0.6 is 0 Å². The van der Waals surface area contributed by atoms with E-state index in [1.807, 2.05) is 13.8 Å². The fraction of sp³-hybridized carbons (Fsp3) is 0.188. The number of hydrogen-bond donors (Lipinski definition) is 3. The van der Waals surface area contributed by atoms with Crippen LogP contribution in [-0.2, 0) is 0 Å². The Labute approximate surface area is 118 Å². The molecular weight excluding hydrogens is 252 g/mol. The second-order valence-electron chi connectivity index (χ2n) is 4.98. The van der Waals surface area contributed by atoms with E-state index in [1.54, 1.807) is 37.3 Å². The molecule has 104 valence electrons. The molecule has 2 rings (SSSR count). The zero-order chi connectivity index (χ0) is 14.9. The van der Waals surface area contributed by atoms with Crippen LogP contribution in [0.15, 0.2) is 30.3 Å². The number of phenols is 1. The first-order valence-corrected chi connectivity index (χ1v) is 6.36. The second-order valence-corrected chi connectivity index (χ2v) is 4.98. The maximum atomic E-state index is 12.2. The summed E-state index contributed by atoms with van der Waals surface area (Å²) < 4.78 is 0. The molecule has 4 heteroatoms. The average molecular weight is 270 g/mol. The van der Waals surface area contributed by atoms with E-state index >= 15 is 0 Å². The number of nitrogens with two attached hydrogens (primary N) is 1. The van der Waals surface area contributed by atoms with E-state index in [0.29, 0.717) is 16.9 Å². The van der Waals surface area contributed by atoms with Gasteiger partial charge in [-0.15, -0.1) is 0 Å². The zero-order valence-corrected chi connectivity index (χ0v) is 11.8. The SMILES string of the molecule is Cc1cc(C(=O)Nc2cc(C)c(O)cc2C)ccc1N. The highest BCUT2D eigenvalue weighted by Gasteiger charge is 2.10. The molecule has 0 radical (unpaired) electrons. The van der Waals surface area contributed by atoms with Gasteiger partial charge < -0.3 is 16.2 Å². The number of carbonyl (C=O) groups is 1. The first-order chi connectivity index (χ1) is 9.38. The molecule has 0 saturated heterocycles. The van der Waals surface area contributed by atoms with Gasteiger partial charge in [-0.05, 0) is 67.8 Å². The summed E-state index contributed by atoms with van der Waals surface area (Å²) in [5.41, 5.74) is 10.1. The number of rotatable bonds is 2. The van der Waals surface area contributed by atoms with Crippen LogP contribution in [0.3, 0.4) is 0 Å². The Hall–Kier alpha value is -2.49. The van der Waals surface area contributed by atoms with Crippen molar-refractivity contribution >= 4 is 17.3 Å². The van der Waals surface area contributed by atoms with E-state index in [1.165, 1.54) is 0 Å². The number of nitrogens with one attached hydrogen (secondary N) is 1. The van der Waals surface area contributed by atoms with Gasteiger partial charge in [0.1, 0.15) is 5.75 Å². The Bertz CT molecular complexity index is 678. The van der Waals surface area contributed by atoms with Crippen molar-refractivity contribution in [2.45, 2.75) is 20.8 Å². The molecule has 0 bridgehead atoms. The lowest BCUT2D eigenvalue weighted by atomic mass is 10.1. The summed E-state index contributed by atoms with van der Waals surface area (Å²) in [7, 11) is 0. The Balaban J connectivity index is 2.27. The molecule has 0 saturated carbocycles. The molecule has 0 heterocycles. The third kappa shape index (κ3) is 2.74. The van der Waals surface area contributed by atoms with E-state index in [2.05, 4.69) is 5.32 Å². The van der Waals surface area contributed by atoms with Crippen molar-refractivity contribution in [3.8, 4) is 5.75 Å². The molecule has 2 aromatic rings. The highest BCUT2D eigenvalue weighted by molar-refractivity contribution is 6.05. The first kappa shape index (κ1) is 13.9. The minimum absolute atomic E-state index is 0.193. The monoisotopic (exact) mass is 270 g/mol. The standard InChI is InChI=1S/C16H18N2O2/c1-9-6-12(4-5-13(9)17)16(20)18-14-7-11(3)15(19)8-10(14)2/h4-8,19H,17H2,1-3H3,(H,18,20). The highest BCUT2D eigenvalue weighted by atomic mass is 16.3. The average Bonchev–Trinajstić information content (AvgIpc) is 2.39. The fourth-order valence-corrected chi connectivity index (χ4v) is 1.95. The summed E-state index contributed by atoms with van der Waals surface area (Å²) in [5.74, 6) is 0.0325.